The first kappa shape index (κ1) is 21.8. The molecule has 2 aromatic carbocycles. The van der Waals surface area contributed by atoms with Gasteiger partial charge in [0.1, 0.15) is 0 Å². The fourth-order valence-corrected chi connectivity index (χ4v) is 4.14. The predicted molar refractivity (Wildman–Crippen MR) is 105 cm³/mol. The number of hydrogen-bond donors (Lipinski definition) is 1. The molecule has 1 aliphatic rings. The van der Waals surface area contributed by atoms with Gasteiger partial charge in [-0.25, -0.2) is 21.9 Å². The van der Waals surface area contributed by atoms with Crippen molar-refractivity contribution in [2.45, 2.75) is 11.3 Å². The fraction of sp³-hybridized carbons (Fsp3) is 0.300. The lowest BCUT2D eigenvalue weighted by Crippen LogP contribution is -2.51. The Morgan fingerprint density at radius 1 is 0.900 bits per heavy atom. The molecule has 7 nitrogen and oxygen atoms in total. The number of sulfonamides is 1. The lowest BCUT2D eigenvalue weighted by molar-refractivity contribution is -0.132. The molecule has 1 fully saturated rings. The van der Waals surface area contributed by atoms with Crippen LogP contribution in [-0.2, 0) is 14.8 Å². The summed E-state index contributed by atoms with van der Waals surface area (Å²) in [7, 11) is -4.06. The summed E-state index contributed by atoms with van der Waals surface area (Å²) >= 11 is 0. The van der Waals surface area contributed by atoms with Gasteiger partial charge in [-0.15, -0.1) is 0 Å². The van der Waals surface area contributed by atoms with Crippen LogP contribution in [0.5, 0.6) is 0 Å². The van der Waals surface area contributed by atoms with Gasteiger partial charge in [0.05, 0.1) is 4.90 Å². The Morgan fingerprint density at radius 3 is 2.17 bits per heavy atom. The number of piperazine rings is 1. The Kier molecular flexibility index (Phi) is 6.78. The largest absolute Gasteiger partial charge is 0.339 e. The molecule has 1 saturated heterocycles. The van der Waals surface area contributed by atoms with Crippen LogP contribution in [0.25, 0.3) is 0 Å². The zero-order valence-electron chi connectivity index (χ0n) is 16.1. The highest BCUT2D eigenvalue weighted by Crippen LogP contribution is 2.14. The third-order valence-corrected chi connectivity index (χ3v) is 6.23. The Bertz CT molecular complexity index is 1020. The van der Waals surface area contributed by atoms with Crippen LogP contribution in [0, 0.1) is 11.6 Å². The van der Waals surface area contributed by atoms with E-state index in [1.54, 1.807) is 34.1 Å². The van der Waals surface area contributed by atoms with Gasteiger partial charge >= 0.3 is 0 Å². The molecule has 2 aromatic rings. The summed E-state index contributed by atoms with van der Waals surface area (Å²) in [4.78, 5) is 27.6. The number of nitrogens with one attached hydrogen (secondary N) is 1. The van der Waals surface area contributed by atoms with Crippen LogP contribution in [0.4, 0.5) is 8.78 Å². The van der Waals surface area contributed by atoms with Gasteiger partial charge in [0.15, 0.2) is 11.6 Å². The maximum absolute atomic E-state index is 13.2. The van der Waals surface area contributed by atoms with E-state index in [2.05, 4.69) is 4.72 Å². The van der Waals surface area contributed by atoms with E-state index in [0.717, 1.165) is 12.1 Å². The van der Waals surface area contributed by atoms with Crippen LogP contribution in [0.3, 0.4) is 0 Å². The van der Waals surface area contributed by atoms with Crippen LogP contribution in [-0.4, -0.2) is 62.8 Å². The van der Waals surface area contributed by atoms with Gasteiger partial charge in [-0.1, -0.05) is 18.2 Å². The smallest absolute Gasteiger partial charge is 0.253 e. The van der Waals surface area contributed by atoms with Crippen LogP contribution < -0.4 is 4.72 Å². The molecule has 160 valence electrons. The topological polar surface area (TPSA) is 86.8 Å². The molecule has 30 heavy (non-hydrogen) atoms. The van der Waals surface area contributed by atoms with E-state index in [-0.39, 0.29) is 24.8 Å². The summed E-state index contributed by atoms with van der Waals surface area (Å²) in [5, 5.41) is 0. The normalized spacial score (nSPS) is 14.6. The molecule has 1 N–H and O–H groups in total. The number of rotatable bonds is 6. The first-order chi connectivity index (χ1) is 14.3. The minimum Gasteiger partial charge on any atom is -0.339 e. The summed E-state index contributed by atoms with van der Waals surface area (Å²) in [5.41, 5.74) is 0.587. The lowest BCUT2D eigenvalue weighted by Gasteiger charge is -2.35. The van der Waals surface area contributed by atoms with Crippen molar-refractivity contribution in [2.24, 2.45) is 0 Å². The molecule has 1 aliphatic heterocycles. The Balaban J connectivity index is 1.47. The number of carbonyl (C=O) groups is 2. The highest BCUT2D eigenvalue weighted by atomic mass is 32.2. The third kappa shape index (κ3) is 5.19. The SMILES string of the molecule is O=C(CCNS(=O)(=O)c1ccc(F)c(F)c1)N1CCN(C(=O)c2ccccc2)CC1. The van der Waals surface area contributed by atoms with Crippen molar-refractivity contribution in [2.75, 3.05) is 32.7 Å². The summed E-state index contributed by atoms with van der Waals surface area (Å²) < 4.78 is 52.7. The quantitative estimate of drug-likeness (QED) is 0.744. The Hall–Kier alpha value is -2.85. The second kappa shape index (κ2) is 9.31. The molecule has 0 aromatic heterocycles. The number of nitrogens with zero attached hydrogens (tertiary/aromatic N) is 2. The van der Waals surface area contributed by atoms with Gasteiger partial charge in [-0.05, 0) is 30.3 Å². The van der Waals surface area contributed by atoms with Gasteiger partial charge in [0, 0.05) is 44.7 Å². The minimum atomic E-state index is -4.06. The Labute approximate surface area is 173 Å². The number of hydrogen-bond acceptors (Lipinski definition) is 4. The zero-order valence-corrected chi connectivity index (χ0v) is 16.9. The predicted octanol–water partition coefficient (Wildman–Crippen LogP) is 1.62. The number of halogens is 2. The van der Waals surface area contributed by atoms with Gasteiger partial charge in [-0.2, -0.15) is 0 Å². The van der Waals surface area contributed by atoms with E-state index in [0.29, 0.717) is 37.8 Å². The van der Waals surface area contributed by atoms with Crippen molar-refractivity contribution in [1.82, 2.24) is 14.5 Å². The monoisotopic (exact) mass is 437 g/mol. The molecule has 10 heteroatoms. The average Bonchev–Trinajstić information content (AvgIpc) is 2.75. The first-order valence-electron chi connectivity index (χ1n) is 9.35. The van der Waals surface area contributed by atoms with E-state index in [4.69, 9.17) is 0 Å². The average molecular weight is 437 g/mol. The molecule has 3 rings (SSSR count). The van der Waals surface area contributed by atoms with Crippen LogP contribution in [0.15, 0.2) is 53.4 Å². The summed E-state index contributed by atoms with van der Waals surface area (Å²) in [5.74, 6) is -2.76. The van der Waals surface area contributed by atoms with Crippen molar-refractivity contribution in [1.29, 1.82) is 0 Å². The van der Waals surface area contributed by atoms with Gasteiger partial charge in [0.25, 0.3) is 5.91 Å². The molecule has 0 atom stereocenters. The van der Waals surface area contributed by atoms with Crippen LogP contribution in [0.1, 0.15) is 16.8 Å². The van der Waals surface area contributed by atoms with Crippen molar-refractivity contribution in [3.8, 4) is 0 Å². The Morgan fingerprint density at radius 2 is 1.53 bits per heavy atom. The zero-order chi connectivity index (χ0) is 21.7. The highest BCUT2D eigenvalue weighted by molar-refractivity contribution is 7.89. The number of carbonyl (C=O) groups excluding carboxylic acids is 2. The van der Waals surface area contributed by atoms with Gasteiger partial charge < -0.3 is 9.80 Å². The van der Waals surface area contributed by atoms with E-state index in [9.17, 15) is 26.8 Å². The fourth-order valence-electron chi connectivity index (χ4n) is 3.10. The molecule has 0 spiro atoms. The van der Waals surface area contributed by atoms with Gasteiger partial charge in [-0.3, -0.25) is 9.59 Å². The highest BCUT2D eigenvalue weighted by Gasteiger charge is 2.25. The molecule has 0 saturated carbocycles. The van der Waals surface area contributed by atoms with Crippen molar-refractivity contribution in [3.05, 3.63) is 65.7 Å². The minimum absolute atomic E-state index is 0.0878. The molecular weight excluding hydrogens is 416 g/mol. The maximum atomic E-state index is 13.2. The number of amides is 2. The first-order valence-corrected chi connectivity index (χ1v) is 10.8. The van der Waals surface area contributed by atoms with Crippen molar-refractivity contribution >= 4 is 21.8 Å². The van der Waals surface area contributed by atoms with Crippen molar-refractivity contribution < 1.29 is 26.8 Å². The summed E-state index contributed by atoms with van der Waals surface area (Å²) in [6, 6.07) is 11.1. The second-order valence-electron chi connectivity index (χ2n) is 6.76. The molecule has 0 unspecified atom stereocenters. The maximum Gasteiger partial charge on any atom is 0.253 e. The summed E-state index contributed by atoms with van der Waals surface area (Å²) in [6.07, 6.45) is -0.0878. The van der Waals surface area contributed by atoms with E-state index >= 15 is 0 Å². The van der Waals surface area contributed by atoms with Crippen LogP contribution >= 0.6 is 0 Å². The van der Waals surface area contributed by atoms with E-state index in [1.165, 1.54) is 0 Å². The van der Waals surface area contributed by atoms with Crippen molar-refractivity contribution in [3.63, 3.8) is 0 Å². The second-order valence-corrected chi connectivity index (χ2v) is 8.53. The third-order valence-electron chi connectivity index (χ3n) is 4.77. The molecular formula is C20H21F2N3O4S. The standard InChI is InChI=1S/C20H21F2N3O4S/c21-17-7-6-16(14-18(17)22)30(28,29)23-9-8-19(26)24-10-12-25(13-11-24)20(27)15-4-2-1-3-5-15/h1-7,14,23H,8-13H2. The lowest BCUT2D eigenvalue weighted by atomic mass is 10.2. The summed E-state index contributed by atoms with van der Waals surface area (Å²) in [6.45, 7) is 1.31. The molecule has 0 bridgehead atoms. The van der Waals surface area contributed by atoms with Crippen LogP contribution in [0.2, 0.25) is 0 Å². The molecule has 0 aliphatic carbocycles. The molecule has 0 radical (unpaired) electrons. The van der Waals surface area contributed by atoms with Gasteiger partial charge in [0.2, 0.25) is 15.9 Å². The molecule has 1 heterocycles. The van der Waals surface area contributed by atoms with E-state index in [1.807, 2.05) is 6.07 Å². The number of benzene rings is 2. The van der Waals surface area contributed by atoms with E-state index < -0.39 is 26.6 Å². The molecule has 2 amide bonds.